The normalized spacial score (nSPS) is 12.8. The molecule has 90 valence electrons. The van der Waals surface area contributed by atoms with E-state index in [0.29, 0.717) is 0 Å². The molecule has 2 heteroatoms. The van der Waals surface area contributed by atoms with Gasteiger partial charge in [0.1, 0.15) is 0 Å². The average molecular weight is 221 g/mol. The number of aryl methyl sites for hydroxylation is 2. The summed E-state index contributed by atoms with van der Waals surface area (Å²) in [7, 11) is 0. The third-order valence-corrected chi connectivity index (χ3v) is 2.88. The van der Waals surface area contributed by atoms with E-state index in [-0.39, 0.29) is 6.04 Å². The van der Waals surface area contributed by atoms with Crippen LogP contribution in [0.1, 0.15) is 42.5 Å². The number of hydrogen-bond donors (Lipinski definition) is 1. The van der Waals surface area contributed by atoms with Crippen molar-refractivity contribution >= 4 is 0 Å². The van der Waals surface area contributed by atoms with Gasteiger partial charge >= 0.3 is 0 Å². The molecule has 0 spiro atoms. The minimum atomic E-state index is 0.0937. The maximum absolute atomic E-state index is 6.12. The molecule has 0 saturated heterocycles. The van der Waals surface area contributed by atoms with Gasteiger partial charge in [-0.05, 0) is 43.4 Å². The summed E-state index contributed by atoms with van der Waals surface area (Å²) < 4.78 is 5.45. The molecule has 0 saturated carbocycles. The van der Waals surface area contributed by atoms with Crippen molar-refractivity contribution in [1.82, 2.24) is 0 Å². The van der Waals surface area contributed by atoms with Crippen molar-refractivity contribution < 1.29 is 4.74 Å². The first-order valence-electron chi connectivity index (χ1n) is 6.05. The molecule has 1 aromatic carbocycles. The summed E-state index contributed by atoms with van der Waals surface area (Å²) in [4.78, 5) is 0. The van der Waals surface area contributed by atoms with E-state index < -0.39 is 0 Å². The van der Waals surface area contributed by atoms with Gasteiger partial charge in [-0.1, -0.05) is 25.1 Å². The molecular formula is C14H23NO. The zero-order valence-corrected chi connectivity index (χ0v) is 10.6. The molecule has 0 fully saturated rings. The summed E-state index contributed by atoms with van der Waals surface area (Å²) in [5, 5.41) is 0. The van der Waals surface area contributed by atoms with Crippen molar-refractivity contribution in [2.75, 3.05) is 13.2 Å². The Morgan fingerprint density at radius 2 is 1.94 bits per heavy atom. The van der Waals surface area contributed by atoms with Gasteiger partial charge in [-0.15, -0.1) is 0 Å². The van der Waals surface area contributed by atoms with Crippen molar-refractivity contribution in [2.45, 2.75) is 39.7 Å². The van der Waals surface area contributed by atoms with Crippen molar-refractivity contribution in [2.24, 2.45) is 5.73 Å². The molecule has 0 aliphatic carbocycles. The van der Waals surface area contributed by atoms with Crippen LogP contribution in [0.4, 0.5) is 0 Å². The second-order valence-electron chi connectivity index (χ2n) is 4.35. The SMILES string of the molecule is CCCOCCC(N)c1ccc(C)c(C)c1. The van der Waals surface area contributed by atoms with Crippen LogP contribution in [0.15, 0.2) is 18.2 Å². The smallest absolute Gasteiger partial charge is 0.0484 e. The fourth-order valence-corrected chi connectivity index (χ4v) is 1.62. The summed E-state index contributed by atoms with van der Waals surface area (Å²) in [6.07, 6.45) is 1.96. The van der Waals surface area contributed by atoms with Gasteiger partial charge in [0.05, 0.1) is 0 Å². The highest BCUT2D eigenvalue weighted by Gasteiger charge is 2.06. The fourth-order valence-electron chi connectivity index (χ4n) is 1.62. The van der Waals surface area contributed by atoms with E-state index in [2.05, 4.69) is 39.0 Å². The van der Waals surface area contributed by atoms with E-state index >= 15 is 0 Å². The zero-order chi connectivity index (χ0) is 12.0. The van der Waals surface area contributed by atoms with E-state index in [0.717, 1.165) is 26.1 Å². The molecule has 2 nitrogen and oxygen atoms in total. The van der Waals surface area contributed by atoms with Crippen LogP contribution in [0.5, 0.6) is 0 Å². The molecular weight excluding hydrogens is 198 g/mol. The third-order valence-electron chi connectivity index (χ3n) is 2.88. The molecule has 0 bridgehead atoms. The Morgan fingerprint density at radius 1 is 1.19 bits per heavy atom. The Labute approximate surface area is 98.8 Å². The van der Waals surface area contributed by atoms with Crippen LogP contribution in [0.3, 0.4) is 0 Å². The van der Waals surface area contributed by atoms with Crippen molar-refractivity contribution in [3.8, 4) is 0 Å². The van der Waals surface area contributed by atoms with Crippen LogP contribution in [0.25, 0.3) is 0 Å². The van der Waals surface area contributed by atoms with E-state index in [1.54, 1.807) is 0 Å². The summed E-state index contributed by atoms with van der Waals surface area (Å²) in [5.41, 5.74) is 9.95. The highest BCUT2D eigenvalue weighted by Crippen LogP contribution is 2.17. The molecule has 0 aliphatic rings. The number of ether oxygens (including phenoxy) is 1. The summed E-state index contributed by atoms with van der Waals surface area (Å²) >= 11 is 0. The van der Waals surface area contributed by atoms with Gasteiger partial charge in [0.2, 0.25) is 0 Å². The Hall–Kier alpha value is -0.860. The third kappa shape index (κ3) is 3.95. The van der Waals surface area contributed by atoms with Crippen molar-refractivity contribution in [3.63, 3.8) is 0 Å². The van der Waals surface area contributed by atoms with Crippen LogP contribution in [0, 0.1) is 13.8 Å². The summed E-state index contributed by atoms with van der Waals surface area (Å²) in [6, 6.07) is 6.53. The minimum Gasteiger partial charge on any atom is -0.381 e. The maximum atomic E-state index is 6.12. The lowest BCUT2D eigenvalue weighted by Crippen LogP contribution is -2.13. The Morgan fingerprint density at radius 3 is 2.56 bits per heavy atom. The molecule has 0 amide bonds. The molecule has 16 heavy (non-hydrogen) atoms. The number of hydrogen-bond acceptors (Lipinski definition) is 2. The van der Waals surface area contributed by atoms with Gasteiger partial charge in [0, 0.05) is 19.3 Å². The molecule has 1 aromatic rings. The lowest BCUT2D eigenvalue weighted by molar-refractivity contribution is 0.128. The topological polar surface area (TPSA) is 35.2 Å². The molecule has 0 radical (unpaired) electrons. The van der Waals surface area contributed by atoms with Gasteiger partial charge in [-0.3, -0.25) is 0 Å². The van der Waals surface area contributed by atoms with Crippen molar-refractivity contribution in [1.29, 1.82) is 0 Å². The molecule has 2 N–H and O–H groups in total. The predicted octanol–water partition coefficient (Wildman–Crippen LogP) is 3.12. The van der Waals surface area contributed by atoms with Crippen LogP contribution >= 0.6 is 0 Å². The van der Waals surface area contributed by atoms with Crippen molar-refractivity contribution in [3.05, 3.63) is 34.9 Å². The highest BCUT2D eigenvalue weighted by molar-refractivity contribution is 5.31. The second-order valence-corrected chi connectivity index (χ2v) is 4.35. The maximum Gasteiger partial charge on any atom is 0.0484 e. The van der Waals surface area contributed by atoms with E-state index in [9.17, 15) is 0 Å². The van der Waals surface area contributed by atoms with E-state index in [1.807, 2.05) is 0 Å². The minimum absolute atomic E-state index is 0.0937. The van der Waals surface area contributed by atoms with Gasteiger partial charge < -0.3 is 10.5 Å². The number of benzene rings is 1. The van der Waals surface area contributed by atoms with Gasteiger partial charge in [0.25, 0.3) is 0 Å². The van der Waals surface area contributed by atoms with E-state index in [1.165, 1.54) is 16.7 Å². The number of nitrogens with two attached hydrogens (primary N) is 1. The van der Waals surface area contributed by atoms with Gasteiger partial charge in [-0.25, -0.2) is 0 Å². The Kier molecular flexibility index (Phi) is 5.50. The van der Waals surface area contributed by atoms with Crippen LogP contribution in [-0.4, -0.2) is 13.2 Å². The van der Waals surface area contributed by atoms with Gasteiger partial charge in [0.15, 0.2) is 0 Å². The summed E-state index contributed by atoms with van der Waals surface area (Å²) in [5.74, 6) is 0. The largest absolute Gasteiger partial charge is 0.381 e. The van der Waals surface area contributed by atoms with Gasteiger partial charge in [-0.2, -0.15) is 0 Å². The second kappa shape index (κ2) is 6.66. The summed E-state index contributed by atoms with van der Waals surface area (Å²) in [6.45, 7) is 7.94. The van der Waals surface area contributed by atoms with Crippen LogP contribution in [-0.2, 0) is 4.74 Å². The molecule has 0 aromatic heterocycles. The molecule has 1 unspecified atom stereocenters. The quantitative estimate of drug-likeness (QED) is 0.749. The standard InChI is InChI=1S/C14H23NO/c1-4-8-16-9-7-14(15)13-6-5-11(2)12(3)10-13/h5-6,10,14H,4,7-9,15H2,1-3H3. The first-order valence-corrected chi connectivity index (χ1v) is 6.05. The zero-order valence-electron chi connectivity index (χ0n) is 10.6. The Balaban J connectivity index is 2.46. The number of rotatable bonds is 6. The first kappa shape index (κ1) is 13.2. The highest BCUT2D eigenvalue weighted by atomic mass is 16.5. The molecule has 0 heterocycles. The molecule has 0 aliphatic heterocycles. The first-order chi connectivity index (χ1) is 7.65. The predicted molar refractivity (Wildman–Crippen MR) is 68.6 cm³/mol. The van der Waals surface area contributed by atoms with Crippen LogP contribution in [0.2, 0.25) is 0 Å². The average Bonchev–Trinajstić information content (AvgIpc) is 2.28. The monoisotopic (exact) mass is 221 g/mol. The Bertz CT molecular complexity index is 323. The fraction of sp³-hybridized carbons (Fsp3) is 0.571. The van der Waals surface area contributed by atoms with E-state index in [4.69, 9.17) is 10.5 Å². The molecule has 1 atom stereocenters. The lowest BCUT2D eigenvalue weighted by Gasteiger charge is -2.13. The molecule has 1 rings (SSSR count). The lowest BCUT2D eigenvalue weighted by atomic mass is 10.00. The van der Waals surface area contributed by atoms with Crippen LogP contribution < -0.4 is 5.73 Å².